The lowest BCUT2D eigenvalue weighted by Crippen LogP contribution is -2.21. The topological polar surface area (TPSA) is 55.8 Å². The molecule has 21 heavy (non-hydrogen) atoms. The molecule has 0 radical (unpaired) electrons. The Bertz CT molecular complexity index is 610. The summed E-state index contributed by atoms with van der Waals surface area (Å²) < 4.78 is 10.4. The third-order valence-electron chi connectivity index (χ3n) is 2.99. The highest BCUT2D eigenvalue weighted by Gasteiger charge is 2.22. The van der Waals surface area contributed by atoms with Gasteiger partial charge in [0.15, 0.2) is 0 Å². The van der Waals surface area contributed by atoms with Crippen LogP contribution in [-0.2, 0) is 9.53 Å². The third kappa shape index (κ3) is 4.13. The summed E-state index contributed by atoms with van der Waals surface area (Å²) in [7, 11) is 1.33. The number of carbonyl (C=O) groups excluding carboxylic acids is 1. The van der Waals surface area contributed by atoms with Crippen molar-refractivity contribution in [3.8, 4) is 11.5 Å². The number of hydrogen-bond donors (Lipinski definition) is 1. The van der Waals surface area contributed by atoms with Crippen LogP contribution in [0.4, 0.5) is 0 Å². The summed E-state index contributed by atoms with van der Waals surface area (Å²) in [5, 5.41) is 9.77. The molecule has 0 amide bonds. The molecule has 1 unspecified atom stereocenters. The van der Waals surface area contributed by atoms with Crippen LogP contribution in [0.5, 0.6) is 11.5 Å². The first-order valence-electron chi connectivity index (χ1n) is 6.35. The second-order valence-electron chi connectivity index (χ2n) is 4.44. The van der Waals surface area contributed by atoms with Crippen molar-refractivity contribution >= 4 is 17.6 Å². The molecule has 0 aliphatic heterocycles. The van der Waals surface area contributed by atoms with Gasteiger partial charge in [-0.05, 0) is 42.0 Å². The smallest absolute Gasteiger partial charge is 0.316 e. The molecule has 0 aliphatic carbocycles. The van der Waals surface area contributed by atoms with Crippen LogP contribution in [0.25, 0.3) is 0 Å². The lowest BCUT2D eigenvalue weighted by molar-refractivity contribution is -0.143. The van der Waals surface area contributed by atoms with E-state index in [4.69, 9.17) is 21.1 Å². The average Bonchev–Trinajstić information content (AvgIpc) is 2.49. The van der Waals surface area contributed by atoms with Gasteiger partial charge in [-0.3, -0.25) is 4.79 Å². The Morgan fingerprint density at radius 3 is 2.57 bits per heavy atom. The molecule has 110 valence electrons. The number of aromatic hydroxyl groups is 1. The van der Waals surface area contributed by atoms with E-state index in [1.165, 1.54) is 19.2 Å². The van der Waals surface area contributed by atoms with Crippen LogP contribution >= 0.6 is 11.6 Å². The van der Waals surface area contributed by atoms with Crippen molar-refractivity contribution in [2.45, 2.75) is 5.92 Å². The van der Waals surface area contributed by atoms with Crippen LogP contribution in [0.15, 0.2) is 48.5 Å². The van der Waals surface area contributed by atoms with E-state index in [0.717, 1.165) is 5.56 Å². The van der Waals surface area contributed by atoms with Gasteiger partial charge in [-0.2, -0.15) is 0 Å². The fourth-order valence-electron chi connectivity index (χ4n) is 1.89. The van der Waals surface area contributed by atoms with Crippen molar-refractivity contribution in [1.29, 1.82) is 0 Å². The van der Waals surface area contributed by atoms with E-state index >= 15 is 0 Å². The summed E-state index contributed by atoms with van der Waals surface area (Å²) in [5.74, 6) is -0.246. The van der Waals surface area contributed by atoms with Gasteiger partial charge in [-0.1, -0.05) is 23.7 Å². The first-order chi connectivity index (χ1) is 10.1. The largest absolute Gasteiger partial charge is 0.508 e. The van der Waals surface area contributed by atoms with Gasteiger partial charge in [-0.15, -0.1) is 0 Å². The number of methoxy groups -OCH3 is 1. The van der Waals surface area contributed by atoms with Crippen LogP contribution in [0.1, 0.15) is 11.5 Å². The number of phenolic OH excluding ortho intramolecular Hbond substituents is 1. The van der Waals surface area contributed by atoms with Crippen molar-refractivity contribution in [1.82, 2.24) is 0 Å². The highest BCUT2D eigenvalue weighted by Crippen LogP contribution is 2.23. The highest BCUT2D eigenvalue weighted by atomic mass is 35.5. The number of benzene rings is 2. The number of hydrogen-bond acceptors (Lipinski definition) is 4. The van der Waals surface area contributed by atoms with E-state index < -0.39 is 11.9 Å². The molecule has 5 heteroatoms. The van der Waals surface area contributed by atoms with Crippen LogP contribution in [-0.4, -0.2) is 24.8 Å². The maximum Gasteiger partial charge on any atom is 0.316 e. The maximum absolute atomic E-state index is 11.9. The minimum absolute atomic E-state index is 0.123. The second kappa shape index (κ2) is 6.99. The lowest BCUT2D eigenvalue weighted by Gasteiger charge is -2.16. The van der Waals surface area contributed by atoms with Gasteiger partial charge in [0.05, 0.1) is 7.11 Å². The zero-order valence-corrected chi connectivity index (χ0v) is 12.2. The van der Waals surface area contributed by atoms with Crippen molar-refractivity contribution in [2.75, 3.05) is 13.7 Å². The van der Waals surface area contributed by atoms with Crippen molar-refractivity contribution in [3.63, 3.8) is 0 Å². The molecule has 2 rings (SSSR count). The van der Waals surface area contributed by atoms with Gasteiger partial charge in [-0.25, -0.2) is 0 Å². The average molecular weight is 307 g/mol. The third-order valence-corrected chi connectivity index (χ3v) is 3.23. The van der Waals surface area contributed by atoms with Crippen molar-refractivity contribution in [3.05, 3.63) is 59.1 Å². The van der Waals surface area contributed by atoms with Gasteiger partial charge in [0.25, 0.3) is 0 Å². The van der Waals surface area contributed by atoms with Gasteiger partial charge in [0, 0.05) is 5.02 Å². The zero-order chi connectivity index (χ0) is 15.2. The van der Waals surface area contributed by atoms with E-state index in [1.807, 2.05) is 0 Å². The molecule has 0 heterocycles. The van der Waals surface area contributed by atoms with Crippen LogP contribution in [0, 0.1) is 0 Å². The first kappa shape index (κ1) is 15.2. The summed E-state index contributed by atoms with van der Waals surface area (Å²) in [4.78, 5) is 11.9. The predicted molar refractivity (Wildman–Crippen MR) is 79.8 cm³/mol. The summed E-state index contributed by atoms with van der Waals surface area (Å²) in [6.45, 7) is 0.123. The quantitative estimate of drug-likeness (QED) is 0.860. The Morgan fingerprint density at radius 1 is 1.24 bits per heavy atom. The Morgan fingerprint density at radius 2 is 1.95 bits per heavy atom. The standard InChI is InChI=1S/C16H15ClO4/c1-20-16(19)15(11-3-2-4-12(17)9-11)10-21-14-7-5-13(18)6-8-14/h2-9,15,18H,10H2,1H3. The van der Waals surface area contributed by atoms with Crippen LogP contribution < -0.4 is 4.74 Å². The minimum Gasteiger partial charge on any atom is -0.508 e. The zero-order valence-electron chi connectivity index (χ0n) is 11.5. The number of rotatable bonds is 5. The van der Waals surface area contributed by atoms with Gasteiger partial charge in [0.2, 0.25) is 0 Å². The summed E-state index contributed by atoms with van der Waals surface area (Å²) in [5.41, 5.74) is 0.730. The summed E-state index contributed by atoms with van der Waals surface area (Å²) >= 11 is 5.95. The monoisotopic (exact) mass is 306 g/mol. The number of carbonyl (C=O) groups is 1. The van der Waals surface area contributed by atoms with Crippen molar-refractivity contribution in [2.24, 2.45) is 0 Å². The highest BCUT2D eigenvalue weighted by molar-refractivity contribution is 6.30. The van der Waals surface area contributed by atoms with Crippen molar-refractivity contribution < 1.29 is 19.4 Å². The molecule has 1 atom stereocenters. The molecule has 0 fully saturated rings. The molecule has 0 saturated heterocycles. The second-order valence-corrected chi connectivity index (χ2v) is 4.87. The molecule has 2 aromatic carbocycles. The van der Waals surface area contributed by atoms with Gasteiger partial charge in [0.1, 0.15) is 24.0 Å². The van der Waals surface area contributed by atoms with E-state index in [0.29, 0.717) is 10.8 Å². The lowest BCUT2D eigenvalue weighted by atomic mass is 10.0. The summed E-state index contributed by atoms with van der Waals surface area (Å²) in [6.07, 6.45) is 0. The molecular weight excluding hydrogens is 292 g/mol. The Balaban J connectivity index is 2.13. The molecule has 0 bridgehead atoms. The summed E-state index contributed by atoms with van der Waals surface area (Å²) in [6, 6.07) is 13.3. The number of ether oxygens (including phenoxy) is 2. The van der Waals surface area contributed by atoms with E-state index in [9.17, 15) is 9.90 Å². The first-order valence-corrected chi connectivity index (χ1v) is 6.73. The van der Waals surface area contributed by atoms with E-state index in [1.54, 1.807) is 36.4 Å². The number of halogens is 1. The molecule has 0 saturated carbocycles. The number of esters is 1. The van der Waals surface area contributed by atoms with E-state index in [2.05, 4.69) is 0 Å². The Kier molecular flexibility index (Phi) is 5.06. The predicted octanol–water partition coefficient (Wildman–Crippen LogP) is 3.38. The van der Waals surface area contributed by atoms with E-state index in [-0.39, 0.29) is 12.4 Å². The SMILES string of the molecule is COC(=O)C(COc1ccc(O)cc1)c1cccc(Cl)c1. The van der Waals surface area contributed by atoms with Crippen LogP contribution in [0.3, 0.4) is 0 Å². The molecule has 0 aromatic heterocycles. The molecule has 1 N–H and O–H groups in total. The molecule has 2 aromatic rings. The fraction of sp³-hybridized carbons (Fsp3) is 0.188. The minimum atomic E-state index is -0.567. The molecular formula is C16H15ClO4. The normalized spacial score (nSPS) is 11.7. The molecule has 4 nitrogen and oxygen atoms in total. The Hall–Kier alpha value is -2.20. The van der Waals surface area contributed by atoms with Crippen LogP contribution in [0.2, 0.25) is 5.02 Å². The maximum atomic E-state index is 11.9. The van der Waals surface area contributed by atoms with Gasteiger partial charge >= 0.3 is 5.97 Å². The molecule has 0 spiro atoms. The van der Waals surface area contributed by atoms with Gasteiger partial charge < -0.3 is 14.6 Å². The number of phenols is 1. The Labute approximate surface area is 127 Å². The fourth-order valence-corrected chi connectivity index (χ4v) is 2.09. The molecule has 0 aliphatic rings.